The van der Waals surface area contributed by atoms with E-state index in [1.165, 1.54) is 173 Å². The van der Waals surface area contributed by atoms with Crippen LogP contribution in [0.2, 0.25) is 0 Å². The van der Waals surface area contributed by atoms with Crippen LogP contribution in [0.5, 0.6) is 0 Å². The van der Waals surface area contributed by atoms with Crippen LogP contribution >= 0.6 is 0 Å². The maximum Gasteiger partial charge on any atom is 0.0576 e. The van der Waals surface area contributed by atoms with Crippen molar-refractivity contribution < 1.29 is 4.74 Å². The van der Waals surface area contributed by atoms with Crippen molar-refractivity contribution in [3.63, 3.8) is 0 Å². The number of unbranched alkanes of at least 4 members (excludes halogenated alkanes) is 23. The Morgan fingerprint density at radius 1 is 0.452 bits per heavy atom. The van der Waals surface area contributed by atoms with Gasteiger partial charge in [0.2, 0.25) is 0 Å². The molecule has 1 saturated heterocycles. The zero-order valence-corrected chi connectivity index (χ0v) is 21.8. The van der Waals surface area contributed by atoms with E-state index in [0.717, 1.165) is 6.61 Å². The Balaban J connectivity index is 1.61. The van der Waals surface area contributed by atoms with Crippen molar-refractivity contribution in [1.82, 2.24) is 0 Å². The largest absolute Gasteiger partial charge is 0.378 e. The first-order chi connectivity index (χ1) is 15.4. The summed E-state index contributed by atoms with van der Waals surface area (Å²) in [6.07, 6.45) is 39.8. The molecule has 0 N–H and O–H groups in total. The predicted octanol–water partition coefficient (Wildman–Crippen LogP) is 10.9. The van der Waals surface area contributed by atoms with Gasteiger partial charge in [-0.25, -0.2) is 0 Å². The van der Waals surface area contributed by atoms with Gasteiger partial charge in [0.15, 0.2) is 0 Å². The third kappa shape index (κ3) is 21.6. The fourth-order valence-electron chi connectivity index (χ4n) is 5.21. The first-order valence-electron chi connectivity index (χ1n) is 15.0. The van der Waals surface area contributed by atoms with Gasteiger partial charge < -0.3 is 4.74 Å². The van der Waals surface area contributed by atoms with E-state index in [0.29, 0.717) is 6.10 Å². The molecule has 1 aliphatic rings. The second-order valence-electron chi connectivity index (χ2n) is 10.6. The van der Waals surface area contributed by atoms with E-state index in [1.54, 1.807) is 0 Å². The van der Waals surface area contributed by atoms with Crippen molar-refractivity contribution in [2.45, 2.75) is 186 Å². The predicted molar refractivity (Wildman–Crippen MR) is 140 cm³/mol. The van der Waals surface area contributed by atoms with Crippen molar-refractivity contribution in [3.05, 3.63) is 0 Å². The highest BCUT2D eigenvalue weighted by Gasteiger charge is 2.14. The van der Waals surface area contributed by atoms with Crippen molar-refractivity contribution in [2.24, 2.45) is 0 Å². The van der Waals surface area contributed by atoms with E-state index in [2.05, 4.69) is 6.92 Å². The minimum absolute atomic E-state index is 0.611. The van der Waals surface area contributed by atoms with Crippen LogP contribution in [-0.4, -0.2) is 12.7 Å². The maximum atomic E-state index is 5.71. The maximum absolute atomic E-state index is 5.71. The Kier molecular flexibility index (Phi) is 23.0. The Morgan fingerprint density at radius 3 is 1.06 bits per heavy atom. The van der Waals surface area contributed by atoms with Gasteiger partial charge in [-0.2, -0.15) is 0 Å². The van der Waals surface area contributed by atoms with Crippen LogP contribution in [-0.2, 0) is 4.74 Å². The minimum atomic E-state index is 0.611. The lowest BCUT2D eigenvalue weighted by Gasteiger charge is -2.08. The Labute approximate surface area is 197 Å². The van der Waals surface area contributed by atoms with E-state index in [-0.39, 0.29) is 0 Å². The molecule has 0 aromatic heterocycles. The average molecular weight is 437 g/mol. The highest BCUT2D eigenvalue weighted by atomic mass is 16.5. The molecule has 0 radical (unpaired) electrons. The highest BCUT2D eigenvalue weighted by Crippen LogP contribution is 2.19. The molecule has 1 unspecified atom stereocenters. The summed E-state index contributed by atoms with van der Waals surface area (Å²) in [6, 6.07) is 0. The molecule has 0 bridgehead atoms. The number of rotatable bonds is 25. The van der Waals surface area contributed by atoms with Crippen LogP contribution in [0.3, 0.4) is 0 Å². The summed E-state index contributed by atoms with van der Waals surface area (Å²) < 4.78 is 5.71. The second kappa shape index (κ2) is 24.6. The highest BCUT2D eigenvalue weighted by molar-refractivity contribution is 4.64. The summed E-state index contributed by atoms with van der Waals surface area (Å²) in [5.74, 6) is 0. The van der Waals surface area contributed by atoms with Crippen LogP contribution in [0.15, 0.2) is 0 Å². The molecule has 1 nitrogen and oxygen atoms in total. The normalized spacial score (nSPS) is 16.4. The summed E-state index contributed by atoms with van der Waals surface area (Å²) in [4.78, 5) is 0. The van der Waals surface area contributed by atoms with Gasteiger partial charge in [0.05, 0.1) is 6.10 Å². The van der Waals surface area contributed by atoms with Gasteiger partial charge in [0.1, 0.15) is 0 Å². The standard InChI is InChI=1S/C30H60O/c1-2-3-4-5-6-7-8-9-10-11-12-13-14-15-16-17-18-19-20-21-22-23-24-25-27-30-28-26-29-31-30/h30H,2-29H2,1H3. The third-order valence-corrected chi connectivity index (χ3v) is 7.40. The van der Waals surface area contributed by atoms with Crippen molar-refractivity contribution in [1.29, 1.82) is 0 Å². The Bertz CT molecular complexity index is 320. The van der Waals surface area contributed by atoms with Crippen molar-refractivity contribution in [2.75, 3.05) is 6.61 Å². The first kappa shape index (κ1) is 29.0. The molecule has 1 heterocycles. The quantitative estimate of drug-likeness (QED) is 0.129. The van der Waals surface area contributed by atoms with Crippen LogP contribution in [0, 0.1) is 0 Å². The molecular formula is C30H60O. The molecule has 0 amide bonds. The monoisotopic (exact) mass is 436 g/mol. The van der Waals surface area contributed by atoms with Crippen LogP contribution in [0.4, 0.5) is 0 Å². The Morgan fingerprint density at radius 2 is 0.774 bits per heavy atom. The molecule has 0 aliphatic carbocycles. The molecule has 0 spiro atoms. The van der Waals surface area contributed by atoms with E-state index in [9.17, 15) is 0 Å². The molecule has 1 atom stereocenters. The lowest BCUT2D eigenvalue weighted by atomic mass is 10.0. The second-order valence-corrected chi connectivity index (χ2v) is 10.6. The van der Waals surface area contributed by atoms with Crippen LogP contribution < -0.4 is 0 Å². The van der Waals surface area contributed by atoms with E-state index in [4.69, 9.17) is 4.74 Å². The molecule has 0 aromatic carbocycles. The average Bonchev–Trinajstić information content (AvgIpc) is 3.30. The summed E-state index contributed by atoms with van der Waals surface area (Å²) in [7, 11) is 0. The topological polar surface area (TPSA) is 9.23 Å². The molecular weight excluding hydrogens is 376 g/mol. The van der Waals surface area contributed by atoms with Gasteiger partial charge in [-0.05, 0) is 19.3 Å². The van der Waals surface area contributed by atoms with Crippen LogP contribution in [0.25, 0.3) is 0 Å². The summed E-state index contributed by atoms with van der Waals surface area (Å²) in [5.41, 5.74) is 0. The summed E-state index contributed by atoms with van der Waals surface area (Å²) in [6.45, 7) is 3.32. The number of ether oxygens (including phenoxy) is 1. The summed E-state index contributed by atoms with van der Waals surface area (Å²) in [5, 5.41) is 0. The third-order valence-electron chi connectivity index (χ3n) is 7.40. The molecule has 186 valence electrons. The lowest BCUT2D eigenvalue weighted by Crippen LogP contribution is -2.03. The van der Waals surface area contributed by atoms with Crippen molar-refractivity contribution in [3.8, 4) is 0 Å². The van der Waals surface area contributed by atoms with Gasteiger partial charge in [0, 0.05) is 6.61 Å². The van der Waals surface area contributed by atoms with E-state index >= 15 is 0 Å². The Hall–Kier alpha value is -0.0400. The first-order valence-corrected chi connectivity index (χ1v) is 15.0. The molecule has 1 fully saturated rings. The molecule has 31 heavy (non-hydrogen) atoms. The molecule has 1 heteroatoms. The molecule has 0 saturated carbocycles. The molecule has 1 rings (SSSR count). The zero-order valence-electron chi connectivity index (χ0n) is 21.8. The van der Waals surface area contributed by atoms with Gasteiger partial charge in [-0.3, -0.25) is 0 Å². The molecule has 0 aromatic rings. The van der Waals surface area contributed by atoms with Gasteiger partial charge in [0.25, 0.3) is 0 Å². The van der Waals surface area contributed by atoms with E-state index < -0.39 is 0 Å². The fraction of sp³-hybridized carbons (Fsp3) is 1.00. The fourth-order valence-corrected chi connectivity index (χ4v) is 5.21. The minimum Gasteiger partial charge on any atom is -0.378 e. The number of hydrogen-bond donors (Lipinski definition) is 0. The summed E-state index contributed by atoms with van der Waals surface area (Å²) >= 11 is 0. The van der Waals surface area contributed by atoms with Gasteiger partial charge in [-0.1, -0.05) is 161 Å². The smallest absolute Gasteiger partial charge is 0.0576 e. The van der Waals surface area contributed by atoms with Crippen molar-refractivity contribution >= 4 is 0 Å². The van der Waals surface area contributed by atoms with Crippen LogP contribution in [0.1, 0.15) is 180 Å². The van der Waals surface area contributed by atoms with Gasteiger partial charge in [-0.15, -0.1) is 0 Å². The lowest BCUT2D eigenvalue weighted by molar-refractivity contribution is 0.102. The zero-order chi connectivity index (χ0) is 22.1. The molecule has 1 aliphatic heterocycles. The SMILES string of the molecule is CCCCCCCCCCCCCCCCCCCCCCCCCCC1CCCO1. The number of hydrogen-bond acceptors (Lipinski definition) is 1. The van der Waals surface area contributed by atoms with E-state index in [1.807, 2.05) is 0 Å². The van der Waals surface area contributed by atoms with Gasteiger partial charge >= 0.3 is 0 Å².